The van der Waals surface area contributed by atoms with Gasteiger partial charge in [0.1, 0.15) is 0 Å². The second kappa shape index (κ2) is 4.90. The second-order valence-corrected chi connectivity index (χ2v) is 9.59. The van der Waals surface area contributed by atoms with Gasteiger partial charge in [0.05, 0.1) is 6.10 Å². The molecule has 1 aliphatic heterocycles. The molecule has 27 heavy (non-hydrogen) atoms. The van der Waals surface area contributed by atoms with Crippen LogP contribution in [0.15, 0.2) is 23.8 Å². The van der Waals surface area contributed by atoms with Gasteiger partial charge in [-0.15, -0.1) is 0 Å². The number of aliphatic hydroxyl groups is 1. The van der Waals surface area contributed by atoms with Crippen molar-refractivity contribution in [3.63, 3.8) is 0 Å². The van der Waals surface area contributed by atoms with E-state index >= 15 is 4.39 Å². The van der Waals surface area contributed by atoms with Gasteiger partial charge in [0.2, 0.25) is 5.60 Å². The second-order valence-electron chi connectivity index (χ2n) is 9.59. The summed E-state index contributed by atoms with van der Waals surface area (Å²) in [6.07, 6.45) is 5.30. The average molecular weight is 376 g/mol. The van der Waals surface area contributed by atoms with Gasteiger partial charge in [-0.2, -0.15) is 4.89 Å². The standard InChI is InChI=1S/C21H25FO5/c1-11-8-15-14-5-4-12-9-13(23)6-7-18(12,2)20(14,22)16(24)10-19(15,3)21(11)17(25)26-27-21/h6-7,9,11,14-16,24H,4-5,8,10H2,1-3H3/t11-,14?,15+,16?,18?,19?,20?,21?/m0/s1. The number of ketones is 1. The molecule has 6 heteroatoms. The lowest BCUT2D eigenvalue weighted by Crippen LogP contribution is -2.72. The number of alkyl halides is 1. The predicted molar refractivity (Wildman–Crippen MR) is 92.8 cm³/mol. The summed E-state index contributed by atoms with van der Waals surface area (Å²) in [5.41, 5.74) is -3.89. The highest BCUT2D eigenvalue weighted by atomic mass is 19.1. The van der Waals surface area contributed by atoms with Crippen molar-refractivity contribution in [3.05, 3.63) is 23.8 Å². The van der Waals surface area contributed by atoms with Crippen LogP contribution in [-0.2, 0) is 19.4 Å². The molecule has 5 rings (SSSR count). The Bertz CT molecular complexity index is 819. The number of carbonyl (C=O) groups excluding carboxylic acids is 2. The van der Waals surface area contributed by atoms with Crippen LogP contribution >= 0.6 is 0 Å². The molecule has 1 heterocycles. The molecule has 4 fully saturated rings. The van der Waals surface area contributed by atoms with Crippen molar-refractivity contribution >= 4 is 11.8 Å². The Morgan fingerprint density at radius 2 is 2.00 bits per heavy atom. The Hall–Kier alpha value is -1.53. The van der Waals surface area contributed by atoms with Gasteiger partial charge < -0.3 is 5.11 Å². The summed E-state index contributed by atoms with van der Waals surface area (Å²) in [6.45, 7) is 5.69. The van der Waals surface area contributed by atoms with E-state index < -0.39 is 40.1 Å². The Kier molecular flexibility index (Phi) is 3.18. The van der Waals surface area contributed by atoms with Crippen LogP contribution in [0.5, 0.6) is 0 Å². The maximum atomic E-state index is 16.9. The first-order valence-electron chi connectivity index (χ1n) is 9.82. The molecule has 8 atom stereocenters. The van der Waals surface area contributed by atoms with Crippen molar-refractivity contribution in [1.82, 2.24) is 0 Å². The van der Waals surface area contributed by atoms with Crippen molar-refractivity contribution in [3.8, 4) is 0 Å². The van der Waals surface area contributed by atoms with Crippen molar-refractivity contribution in [2.45, 2.75) is 63.8 Å². The van der Waals surface area contributed by atoms with Crippen molar-refractivity contribution in [2.24, 2.45) is 28.6 Å². The molecule has 146 valence electrons. The summed E-state index contributed by atoms with van der Waals surface area (Å²) >= 11 is 0. The van der Waals surface area contributed by atoms with Crippen LogP contribution in [0.4, 0.5) is 4.39 Å². The van der Waals surface area contributed by atoms with E-state index in [2.05, 4.69) is 0 Å². The number of carbonyl (C=O) groups is 2. The van der Waals surface area contributed by atoms with Crippen LogP contribution in [0.2, 0.25) is 0 Å². The normalized spacial score (nSPS) is 56.0. The first-order valence-corrected chi connectivity index (χ1v) is 9.82. The monoisotopic (exact) mass is 376 g/mol. The summed E-state index contributed by atoms with van der Waals surface area (Å²) in [4.78, 5) is 34.4. The Balaban J connectivity index is 1.64. The Morgan fingerprint density at radius 3 is 2.63 bits per heavy atom. The number of allylic oxidation sites excluding steroid dienone is 4. The van der Waals surface area contributed by atoms with Gasteiger partial charge in [0.25, 0.3) is 0 Å². The number of fused-ring (bicyclic) bond motifs is 6. The van der Waals surface area contributed by atoms with E-state index in [4.69, 9.17) is 9.78 Å². The summed E-state index contributed by atoms with van der Waals surface area (Å²) < 4.78 is 16.9. The zero-order valence-corrected chi connectivity index (χ0v) is 15.8. The van der Waals surface area contributed by atoms with Crippen LogP contribution in [-0.4, -0.2) is 34.2 Å². The van der Waals surface area contributed by atoms with Crippen molar-refractivity contribution < 1.29 is 28.9 Å². The SMILES string of the molecule is C[C@H]1C[C@@H]2C3CCC4=CC(=O)C=CC4(C)C3(F)C(O)CC2(C)C12OOC2=O. The molecular weight excluding hydrogens is 351 g/mol. The molecule has 0 amide bonds. The molecule has 0 aromatic carbocycles. The van der Waals surface area contributed by atoms with E-state index in [1.807, 2.05) is 13.8 Å². The molecule has 0 bridgehead atoms. The van der Waals surface area contributed by atoms with Crippen LogP contribution < -0.4 is 0 Å². The fraction of sp³-hybridized carbons (Fsp3) is 0.714. The Labute approximate surface area is 157 Å². The van der Waals surface area contributed by atoms with E-state index in [1.54, 1.807) is 13.0 Å². The minimum Gasteiger partial charge on any atom is -0.390 e. The van der Waals surface area contributed by atoms with Crippen molar-refractivity contribution in [2.75, 3.05) is 0 Å². The fourth-order valence-electron chi connectivity index (χ4n) is 7.31. The van der Waals surface area contributed by atoms with E-state index in [0.717, 1.165) is 5.57 Å². The van der Waals surface area contributed by atoms with Gasteiger partial charge in [-0.25, -0.2) is 9.18 Å². The van der Waals surface area contributed by atoms with Crippen molar-refractivity contribution in [1.29, 1.82) is 0 Å². The maximum Gasteiger partial charge on any atom is 0.379 e. The third kappa shape index (κ3) is 1.65. The summed E-state index contributed by atoms with van der Waals surface area (Å²) in [6, 6.07) is 0. The maximum absolute atomic E-state index is 16.9. The molecule has 5 aliphatic rings. The first kappa shape index (κ1) is 17.6. The Morgan fingerprint density at radius 1 is 1.26 bits per heavy atom. The van der Waals surface area contributed by atoms with Gasteiger partial charge in [0, 0.05) is 22.7 Å². The molecule has 4 aliphatic carbocycles. The molecule has 5 nitrogen and oxygen atoms in total. The average Bonchev–Trinajstić information content (AvgIpc) is 2.84. The number of halogens is 1. The van der Waals surface area contributed by atoms with Gasteiger partial charge in [-0.3, -0.25) is 9.68 Å². The number of aliphatic hydroxyl groups excluding tert-OH is 1. The molecule has 0 aromatic heterocycles. The molecule has 0 radical (unpaired) electrons. The van der Waals surface area contributed by atoms with E-state index in [1.165, 1.54) is 12.2 Å². The summed E-state index contributed by atoms with van der Waals surface area (Å²) in [5.74, 6) is -1.14. The fourth-order valence-corrected chi connectivity index (χ4v) is 7.31. The zero-order chi connectivity index (χ0) is 19.4. The highest BCUT2D eigenvalue weighted by Crippen LogP contribution is 2.72. The molecule has 1 spiro atoms. The van der Waals surface area contributed by atoms with Crippen LogP contribution in [0, 0.1) is 28.6 Å². The van der Waals surface area contributed by atoms with Crippen LogP contribution in [0.25, 0.3) is 0 Å². The number of hydrogen-bond acceptors (Lipinski definition) is 5. The minimum absolute atomic E-state index is 0.0989. The summed E-state index contributed by atoms with van der Waals surface area (Å²) in [5, 5.41) is 11.1. The summed E-state index contributed by atoms with van der Waals surface area (Å²) in [7, 11) is 0. The predicted octanol–water partition coefficient (Wildman–Crippen LogP) is 2.83. The minimum atomic E-state index is -1.88. The van der Waals surface area contributed by atoms with Gasteiger partial charge in [-0.05, 0) is 50.7 Å². The van der Waals surface area contributed by atoms with Gasteiger partial charge in [0.15, 0.2) is 11.5 Å². The lowest BCUT2D eigenvalue weighted by molar-refractivity contribution is -0.435. The first-order chi connectivity index (χ1) is 12.6. The largest absolute Gasteiger partial charge is 0.390 e. The molecule has 3 saturated carbocycles. The highest BCUT2D eigenvalue weighted by molar-refractivity contribution is 6.01. The number of rotatable bonds is 0. The van der Waals surface area contributed by atoms with Crippen LogP contribution in [0.3, 0.4) is 0 Å². The smallest absolute Gasteiger partial charge is 0.379 e. The van der Waals surface area contributed by atoms with Crippen LogP contribution in [0.1, 0.15) is 46.5 Å². The topological polar surface area (TPSA) is 72.8 Å². The molecule has 6 unspecified atom stereocenters. The molecule has 1 saturated heterocycles. The van der Waals surface area contributed by atoms with E-state index in [0.29, 0.717) is 19.3 Å². The van der Waals surface area contributed by atoms with Gasteiger partial charge in [-0.1, -0.05) is 25.5 Å². The zero-order valence-electron chi connectivity index (χ0n) is 15.8. The van der Waals surface area contributed by atoms with E-state index in [-0.39, 0.29) is 24.0 Å². The van der Waals surface area contributed by atoms with E-state index in [9.17, 15) is 14.7 Å². The highest BCUT2D eigenvalue weighted by Gasteiger charge is 2.80. The number of hydrogen-bond donors (Lipinski definition) is 1. The molecular formula is C21H25FO5. The molecule has 1 N–H and O–H groups in total. The lowest BCUT2D eigenvalue weighted by Gasteiger charge is -2.63. The molecule has 0 aromatic rings. The quantitative estimate of drug-likeness (QED) is 0.658. The lowest BCUT2D eigenvalue weighted by atomic mass is 9.44. The third-order valence-electron chi connectivity index (χ3n) is 8.73. The third-order valence-corrected chi connectivity index (χ3v) is 8.73. The van der Waals surface area contributed by atoms with Gasteiger partial charge >= 0.3 is 5.97 Å².